The van der Waals surface area contributed by atoms with Crippen LogP contribution < -0.4 is 10.5 Å². The van der Waals surface area contributed by atoms with Gasteiger partial charge in [-0.2, -0.15) is 0 Å². The van der Waals surface area contributed by atoms with Crippen LogP contribution in [0.5, 0.6) is 5.88 Å². The quantitative estimate of drug-likeness (QED) is 0.848. The second-order valence-electron chi connectivity index (χ2n) is 8.13. The van der Waals surface area contributed by atoms with Crippen molar-refractivity contribution in [2.45, 2.75) is 45.3 Å². The average Bonchev–Trinajstić information content (AvgIpc) is 2.67. The topological polar surface area (TPSA) is 94.8 Å². The monoisotopic (exact) mass is 397 g/mol. The highest BCUT2D eigenvalue weighted by Crippen LogP contribution is 2.29. The Morgan fingerprint density at radius 2 is 2.00 bits per heavy atom. The van der Waals surface area contributed by atoms with Gasteiger partial charge in [0.2, 0.25) is 5.88 Å². The maximum Gasteiger partial charge on any atom is 0.410 e. The summed E-state index contributed by atoms with van der Waals surface area (Å²) >= 11 is 0. The Hall–Kier alpha value is -3.09. The number of nitrogens with two attached hydrogens (primary N) is 1. The Kier molecular flexibility index (Phi) is 6.06. The van der Waals surface area contributed by atoms with Crippen LogP contribution in [0.25, 0.3) is 0 Å². The van der Waals surface area contributed by atoms with E-state index >= 15 is 0 Å². The van der Waals surface area contributed by atoms with E-state index in [-0.39, 0.29) is 18.7 Å². The standard InChI is InChI=1S/C22H27N3O4/c1-22(2,3)29-21(27)25-10-9-19(26)17(13-25)16-11-18(23)20(24-12-16)28-14-15-7-5-4-6-8-15/h4-8,11-12,17H,9-10,13-14,23H2,1-3H3. The highest BCUT2D eigenvalue weighted by molar-refractivity contribution is 5.88. The first-order chi connectivity index (χ1) is 13.7. The largest absolute Gasteiger partial charge is 0.471 e. The Balaban J connectivity index is 1.69. The van der Waals surface area contributed by atoms with Gasteiger partial charge < -0.3 is 20.1 Å². The first-order valence-corrected chi connectivity index (χ1v) is 9.66. The minimum absolute atomic E-state index is 0.0592. The minimum atomic E-state index is -0.586. The molecule has 1 aliphatic rings. The fourth-order valence-corrected chi connectivity index (χ4v) is 3.14. The molecular formula is C22H27N3O4. The molecule has 1 fully saturated rings. The van der Waals surface area contributed by atoms with Crippen LogP contribution in [0.2, 0.25) is 0 Å². The maximum absolute atomic E-state index is 12.5. The number of hydrogen-bond donors (Lipinski definition) is 1. The zero-order chi connectivity index (χ0) is 21.0. The number of benzene rings is 1. The van der Waals surface area contributed by atoms with E-state index in [4.69, 9.17) is 15.2 Å². The van der Waals surface area contributed by atoms with Gasteiger partial charge >= 0.3 is 6.09 Å². The zero-order valence-corrected chi connectivity index (χ0v) is 17.1. The number of anilines is 1. The molecule has 154 valence electrons. The van der Waals surface area contributed by atoms with Crippen LogP contribution in [0.3, 0.4) is 0 Å². The fraction of sp³-hybridized carbons (Fsp3) is 0.409. The number of amides is 1. The lowest BCUT2D eigenvalue weighted by Gasteiger charge is -2.33. The second-order valence-corrected chi connectivity index (χ2v) is 8.13. The number of likely N-dealkylation sites (tertiary alicyclic amines) is 1. The molecule has 0 aliphatic carbocycles. The van der Waals surface area contributed by atoms with Crippen molar-refractivity contribution < 1.29 is 19.1 Å². The van der Waals surface area contributed by atoms with E-state index in [9.17, 15) is 9.59 Å². The Morgan fingerprint density at radius 3 is 2.66 bits per heavy atom. The number of ether oxygens (including phenoxy) is 2. The molecule has 1 aromatic heterocycles. The van der Waals surface area contributed by atoms with Crippen molar-refractivity contribution in [3.63, 3.8) is 0 Å². The third-order valence-corrected chi connectivity index (χ3v) is 4.59. The molecule has 7 heteroatoms. The minimum Gasteiger partial charge on any atom is -0.471 e. The van der Waals surface area contributed by atoms with Crippen molar-refractivity contribution in [1.82, 2.24) is 9.88 Å². The van der Waals surface area contributed by atoms with E-state index < -0.39 is 17.6 Å². The number of nitrogens with zero attached hydrogens (tertiary/aromatic N) is 2. The molecule has 0 bridgehead atoms. The molecule has 1 unspecified atom stereocenters. The summed E-state index contributed by atoms with van der Waals surface area (Å²) in [4.78, 5) is 30.7. The molecule has 1 aromatic carbocycles. The molecular weight excluding hydrogens is 370 g/mol. The molecule has 7 nitrogen and oxygen atoms in total. The van der Waals surface area contributed by atoms with Crippen molar-refractivity contribution in [1.29, 1.82) is 0 Å². The SMILES string of the molecule is CC(C)(C)OC(=O)N1CCC(=O)C(c2cnc(OCc3ccccc3)c(N)c2)C1. The molecule has 0 radical (unpaired) electrons. The molecule has 3 rings (SSSR count). The van der Waals surface area contributed by atoms with Crippen LogP contribution in [-0.2, 0) is 16.1 Å². The predicted octanol–water partition coefficient (Wildman–Crippen LogP) is 3.54. The maximum atomic E-state index is 12.5. The number of hydrogen-bond acceptors (Lipinski definition) is 6. The summed E-state index contributed by atoms with van der Waals surface area (Å²) in [7, 11) is 0. The summed E-state index contributed by atoms with van der Waals surface area (Å²) in [6.07, 6.45) is 1.45. The second kappa shape index (κ2) is 8.51. The summed E-state index contributed by atoms with van der Waals surface area (Å²) < 4.78 is 11.1. The van der Waals surface area contributed by atoms with Crippen LogP contribution in [0, 0.1) is 0 Å². The summed E-state index contributed by atoms with van der Waals surface area (Å²) in [6.45, 7) is 6.40. The van der Waals surface area contributed by atoms with Crippen molar-refractivity contribution in [2.75, 3.05) is 18.8 Å². The first-order valence-electron chi connectivity index (χ1n) is 9.66. The van der Waals surface area contributed by atoms with Gasteiger partial charge in [-0.05, 0) is 38.0 Å². The molecule has 1 amide bonds. The molecule has 2 N–H and O–H groups in total. The van der Waals surface area contributed by atoms with E-state index in [1.807, 2.05) is 51.1 Å². The van der Waals surface area contributed by atoms with Crippen LogP contribution >= 0.6 is 0 Å². The molecule has 29 heavy (non-hydrogen) atoms. The third-order valence-electron chi connectivity index (χ3n) is 4.59. The lowest BCUT2D eigenvalue weighted by atomic mass is 9.90. The average molecular weight is 397 g/mol. The highest BCUT2D eigenvalue weighted by atomic mass is 16.6. The van der Waals surface area contributed by atoms with Gasteiger partial charge in [-0.25, -0.2) is 9.78 Å². The normalized spacial score (nSPS) is 17.1. The smallest absolute Gasteiger partial charge is 0.410 e. The number of aromatic nitrogens is 1. The number of carbonyl (C=O) groups excluding carboxylic acids is 2. The third kappa shape index (κ3) is 5.47. The Morgan fingerprint density at radius 1 is 1.28 bits per heavy atom. The number of piperidine rings is 1. The van der Waals surface area contributed by atoms with Gasteiger partial charge in [-0.15, -0.1) is 0 Å². The highest BCUT2D eigenvalue weighted by Gasteiger charge is 2.33. The number of ketones is 1. The first kappa shape index (κ1) is 20.6. The van der Waals surface area contributed by atoms with Gasteiger partial charge in [-0.3, -0.25) is 4.79 Å². The van der Waals surface area contributed by atoms with Crippen molar-refractivity contribution in [3.8, 4) is 5.88 Å². The van der Waals surface area contributed by atoms with Gasteiger partial charge in [0, 0.05) is 25.7 Å². The Bertz CT molecular complexity index is 877. The van der Waals surface area contributed by atoms with Gasteiger partial charge in [0.05, 0.1) is 11.6 Å². The van der Waals surface area contributed by atoms with Gasteiger partial charge in [0.15, 0.2) is 0 Å². The van der Waals surface area contributed by atoms with Gasteiger partial charge in [-0.1, -0.05) is 30.3 Å². The summed E-state index contributed by atoms with van der Waals surface area (Å²) in [5.74, 6) is -0.0944. The molecule has 0 spiro atoms. The van der Waals surface area contributed by atoms with Crippen molar-refractivity contribution >= 4 is 17.6 Å². The Labute approximate surface area is 170 Å². The summed E-state index contributed by atoms with van der Waals surface area (Å²) in [5, 5.41) is 0. The van der Waals surface area contributed by atoms with Crippen molar-refractivity contribution in [2.24, 2.45) is 0 Å². The molecule has 0 saturated carbocycles. The van der Waals surface area contributed by atoms with Gasteiger partial charge in [0.25, 0.3) is 0 Å². The van der Waals surface area contributed by atoms with E-state index in [2.05, 4.69) is 4.98 Å². The van der Waals surface area contributed by atoms with E-state index in [1.165, 1.54) is 0 Å². The summed E-state index contributed by atoms with van der Waals surface area (Å²) in [5.41, 5.74) is 7.57. The molecule has 2 heterocycles. The predicted molar refractivity (Wildman–Crippen MR) is 110 cm³/mol. The number of rotatable bonds is 4. The lowest BCUT2D eigenvalue weighted by molar-refractivity contribution is -0.123. The van der Waals surface area contributed by atoms with Crippen LogP contribution in [0.4, 0.5) is 10.5 Å². The van der Waals surface area contributed by atoms with E-state index in [1.54, 1.807) is 17.2 Å². The van der Waals surface area contributed by atoms with E-state index in [0.29, 0.717) is 30.3 Å². The van der Waals surface area contributed by atoms with Gasteiger partial charge in [0.1, 0.15) is 18.0 Å². The summed E-state index contributed by atoms with van der Waals surface area (Å²) in [6, 6.07) is 11.4. The molecule has 1 saturated heterocycles. The van der Waals surface area contributed by atoms with Crippen LogP contribution in [0.1, 0.15) is 44.2 Å². The molecule has 1 atom stereocenters. The molecule has 1 aliphatic heterocycles. The zero-order valence-electron chi connectivity index (χ0n) is 17.1. The lowest BCUT2D eigenvalue weighted by Crippen LogP contribution is -2.45. The number of pyridine rings is 1. The number of carbonyl (C=O) groups is 2. The van der Waals surface area contributed by atoms with Crippen molar-refractivity contribution in [3.05, 3.63) is 53.7 Å². The van der Waals surface area contributed by atoms with Crippen LogP contribution in [0.15, 0.2) is 42.6 Å². The fourth-order valence-electron chi connectivity index (χ4n) is 3.14. The number of Topliss-reactive ketones (excluding diaryl/α,β-unsaturated/α-hetero) is 1. The number of nitrogen functional groups attached to an aromatic ring is 1. The molecule has 2 aromatic rings. The van der Waals surface area contributed by atoms with E-state index in [0.717, 1.165) is 5.56 Å². The van der Waals surface area contributed by atoms with Crippen LogP contribution in [-0.4, -0.2) is 40.5 Å².